The lowest BCUT2D eigenvalue weighted by Crippen LogP contribution is -2.57. The quantitative estimate of drug-likeness (QED) is 0.407. The average molecular weight is 618 g/mol. The van der Waals surface area contributed by atoms with Crippen LogP contribution in [0.4, 0.5) is 18.9 Å². The predicted molar refractivity (Wildman–Crippen MR) is 159 cm³/mol. The molecule has 1 N–H and O–H groups in total. The number of alkyl halides is 3. The third-order valence-corrected chi connectivity index (χ3v) is 10.6. The monoisotopic (exact) mass is 617 g/mol. The van der Waals surface area contributed by atoms with E-state index in [0.717, 1.165) is 75.9 Å². The molecule has 4 aliphatic rings. The van der Waals surface area contributed by atoms with Crippen molar-refractivity contribution in [3.8, 4) is 0 Å². The lowest BCUT2D eigenvalue weighted by atomic mass is 9.82. The summed E-state index contributed by atoms with van der Waals surface area (Å²) in [6.07, 6.45) is 3.46. The number of amides is 2. The highest BCUT2D eigenvalue weighted by atomic mass is 35.5. The van der Waals surface area contributed by atoms with Crippen molar-refractivity contribution in [2.45, 2.75) is 81.6 Å². The number of anilines is 1. The first-order chi connectivity index (χ1) is 20.6. The maximum absolute atomic E-state index is 14.0. The molecule has 6 rings (SSSR count). The van der Waals surface area contributed by atoms with Crippen LogP contribution in [0.5, 0.6) is 0 Å². The number of hydrogen-bond acceptors (Lipinski definition) is 4. The van der Waals surface area contributed by atoms with Gasteiger partial charge in [-0.2, -0.15) is 13.2 Å². The van der Waals surface area contributed by atoms with E-state index in [1.165, 1.54) is 17.0 Å². The van der Waals surface area contributed by atoms with Crippen LogP contribution < -0.4 is 4.90 Å². The van der Waals surface area contributed by atoms with Crippen molar-refractivity contribution in [3.05, 3.63) is 64.7 Å². The van der Waals surface area contributed by atoms with Gasteiger partial charge in [-0.15, -0.1) is 0 Å². The third-order valence-electron chi connectivity index (χ3n) is 10.3. The molecule has 0 aromatic heterocycles. The smallest absolute Gasteiger partial charge is 0.371 e. The molecule has 10 heteroatoms. The van der Waals surface area contributed by atoms with Crippen molar-refractivity contribution in [2.24, 2.45) is 11.8 Å². The Hall–Kier alpha value is -2.78. The summed E-state index contributed by atoms with van der Waals surface area (Å²) in [5.41, 5.74) is -2.40. The largest absolute Gasteiger partial charge is 0.430 e. The zero-order valence-electron chi connectivity index (χ0n) is 24.2. The van der Waals surface area contributed by atoms with Crippen LogP contribution in [0.2, 0.25) is 5.02 Å². The van der Waals surface area contributed by atoms with Crippen LogP contribution in [0, 0.1) is 11.8 Å². The Morgan fingerprint density at radius 1 is 0.814 bits per heavy atom. The molecule has 4 aliphatic heterocycles. The fourth-order valence-corrected chi connectivity index (χ4v) is 8.10. The predicted octanol–water partition coefficient (Wildman–Crippen LogP) is 6.40. The first kappa shape index (κ1) is 30.3. The molecule has 0 aliphatic carbocycles. The molecule has 0 radical (unpaired) electrons. The number of rotatable bonds is 6. The van der Waals surface area contributed by atoms with E-state index in [1.54, 1.807) is 6.07 Å². The van der Waals surface area contributed by atoms with Gasteiger partial charge in [0.25, 0.3) is 17.4 Å². The third kappa shape index (κ3) is 5.75. The second-order valence-electron chi connectivity index (χ2n) is 12.8. The van der Waals surface area contributed by atoms with E-state index in [1.807, 2.05) is 23.1 Å². The Labute approximate surface area is 255 Å². The number of halogens is 4. The summed E-state index contributed by atoms with van der Waals surface area (Å²) < 4.78 is 41.9. The summed E-state index contributed by atoms with van der Waals surface area (Å²) in [6.45, 7) is 2.15. The van der Waals surface area contributed by atoms with Gasteiger partial charge in [0.1, 0.15) is 0 Å². The number of likely N-dealkylation sites (tertiary alicyclic amines) is 1. The Balaban J connectivity index is 0.996. The molecule has 4 heterocycles. The molecule has 2 bridgehead atoms. The number of carbonyl (C=O) groups is 2. The molecule has 4 saturated heterocycles. The van der Waals surface area contributed by atoms with E-state index in [9.17, 15) is 27.9 Å². The van der Waals surface area contributed by atoms with Crippen LogP contribution >= 0.6 is 11.6 Å². The zero-order chi connectivity index (χ0) is 30.4. The molecule has 2 amide bonds. The van der Waals surface area contributed by atoms with E-state index in [4.69, 9.17) is 11.6 Å². The number of fused-ring (bicyclic) bond motifs is 2. The van der Waals surface area contributed by atoms with Crippen LogP contribution in [0.3, 0.4) is 0 Å². The van der Waals surface area contributed by atoms with Crippen LogP contribution in [0.15, 0.2) is 48.5 Å². The molecular weight excluding hydrogens is 579 g/mol. The molecular formula is C33H39ClF3N3O3. The summed E-state index contributed by atoms with van der Waals surface area (Å²) in [5.74, 6) is -0.410. The number of nitrogens with zero attached hydrogens (tertiary/aromatic N) is 3. The van der Waals surface area contributed by atoms with Crippen molar-refractivity contribution in [1.82, 2.24) is 9.80 Å². The first-order valence-electron chi connectivity index (χ1n) is 15.6. The van der Waals surface area contributed by atoms with Gasteiger partial charge in [-0.1, -0.05) is 41.9 Å². The normalized spacial score (nSPS) is 24.8. The summed E-state index contributed by atoms with van der Waals surface area (Å²) >= 11 is 6.64. The molecule has 2 aromatic carbocycles. The van der Waals surface area contributed by atoms with Gasteiger partial charge in [-0.3, -0.25) is 9.59 Å². The van der Waals surface area contributed by atoms with Crippen LogP contribution in [-0.4, -0.2) is 71.2 Å². The van der Waals surface area contributed by atoms with Crippen molar-refractivity contribution in [2.75, 3.05) is 31.1 Å². The average Bonchev–Trinajstić information content (AvgIpc) is 3.61. The van der Waals surface area contributed by atoms with Crippen molar-refractivity contribution < 1.29 is 27.9 Å². The molecule has 0 saturated carbocycles. The van der Waals surface area contributed by atoms with E-state index < -0.39 is 23.2 Å². The minimum atomic E-state index is -5.12. The lowest BCUT2D eigenvalue weighted by molar-refractivity contribution is -0.262. The standard InChI is InChI=1S/C33H39ClF3N3O3/c34-29-21-27(10-11-28(29)30(41)40-25-6-7-26(40)9-8-25)38-16-12-22(13-17-38)20-23-14-18-39(19-15-23)31(42)32(43,33(35,36)37)24-4-2-1-3-5-24/h1-5,10-11,21-23,25-26,43H,6-9,12-20H2/t25?,26?,32-/m0/s1. The maximum Gasteiger partial charge on any atom is 0.430 e. The molecule has 4 fully saturated rings. The van der Waals surface area contributed by atoms with Gasteiger partial charge in [0, 0.05) is 49.5 Å². The summed E-state index contributed by atoms with van der Waals surface area (Å²) in [4.78, 5) is 31.8. The second-order valence-corrected chi connectivity index (χ2v) is 13.2. The summed E-state index contributed by atoms with van der Waals surface area (Å²) in [7, 11) is 0. The Bertz CT molecular complexity index is 1310. The number of piperidine rings is 2. The lowest BCUT2D eigenvalue weighted by Gasteiger charge is -2.40. The van der Waals surface area contributed by atoms with Crippen molar-refractivity contribution >= 4 is 29.1 Å². The van der Waals surface area contributed by atoms with Gasteiger partial charge in [-0.25, -0.2) is 0 Å². The SMILES string of the molecule is O=C(c1ccc(N2CCC(CC3CCN(C(=O)[C@@](O)(c4ccccc4)C(F)(F)F)CC3)CC2)cc1Cl)N1C2CCC1CC2. The Morgan fingerprint density at radius 3 is 1.91 bits per heavy atom. The molecule has 2 aromatic rings. The van der Waals surface area contributed by atoms with Gasteiger partial charge < -0.3 is 19.8 Å². The number of benzene rings is 2. The molecule has 6 nitrogen and oxygen atoms in total. The molecule has 0 unspecified atom stereocenters. The fourth-order valence-electron chi connectivity index (χ4n) is 7.84. The zero-order valence-corrected chi connectivity index (χ0v) is 25.0. The van der Waals surface area contributed by atoms with E-state index in [0.29, 0.717) is 47.3 Å². The number of aliphatic hydroxyl groups is 1. The van der Waals surface area contributed by atoms with Crippen molar-refractivity contribution in [3.63, 3.8) is 0 Å². The number of carbonyl (C=O) groups excluding carboxylic acids is 2. The number of hydrogen-bond donors (Lipinski definition) is 1. The Kier molecular flexibility index (Phi) is 8.41. The van der Waals surface area contributed by atoms with Gasteiger partial charge in [0.05, 0.1) is 10.6 Å². The fraction of sp³-hybridized carbons (Fsp3) is 0.576. The topological polar surface area (TPSA) is 64.1 Å². The maximum atomic E-state index is 14.0. The highest BCUT2D eigenvalue weighted by Gasteiger charge is 2.62. The van der Waals surface area contributed by atoms with Gasteiger partial charge in [-0.05, 0) is 87.8 Å². The van der Waals surface area contributed by atoms with Crippen LogP contribution in [-0.2, 0) is 10.4 Å². The highest BCUT2D eigenvalue weighted by Crippen LogP contribution is 2.42. The summed E-state index contributed by atoms with van der Waals surface area (Å²) in [6, 6.07) is 13.1. The Morgan fingerprint density at radius 2 is 1.37 bits per heavy atom. The molecule has 1 atom stereocenters. The highest BCUT2D eigenvalue weighted by molar-refractivity contribution is 6.34. The van der Waals surface area contributed by atoms with Crippen LogP contribution in [0.25, 0.3) is 0 Å². The first-order valence-corrected chi connectivity index (χ1v) is 15.9. The minimum absolute atomic E-state index is 0.0520. The van der Waals surface area contributed by atoms with E-state index in [-0.39, 0.29) is 19.0 Å². The van der Waals surface area contributed by atoms with Gasteiger partial charge in [0.15, 0.2) is 0 Å². The van der Waals surface area contributed by atoms with E-state index in [2.05, 4.69) is 4.90 Å². The molecule has 232 valence electrons. The molecule has 0 spiro atoms. The minimum Gasteiger partial charge on any atom is -0.371 e. The van der Waals surface area contributed by atoms with Crippen LogP contribution in [0.1, 0.15) is 73.7 Å². The van der Waals surface area contributed by atoms with Crippen molar-refractivity contribution in [1.29, 1.82) is 0 Å². The van der Waals surface area contributed by atoms with Gasteiger partial charge >= 0.3 is 6.18 Å². The second kappa shape index (κ2) is 12.0. The molecule has 43 heavy (non-hydrogen) atoms. The van der Waals surface area contributed by atoms with Gasteiger partial charge in [0.2, 0.25) is 0 Å². The summed E-state index contributed by atoms with van der Waals surface area (Å²) in [5, 5.41) is 11.2. The van der Waals surface area contributed by atoms with E-state index >= 15 is 0 Å².